The zero-order chi connectivity index (χ0) is 21.7. The fraction of sp³-hybridized carbons (Fsp3) is 0.792. The van der Waals surface area contributed by atoms with Gasteiger partial charge in [0.15, 0.2) is 0 Å². The standard InChI is InChI=1S/C23H39N3Si.CH3.2ClH.Ti/c1-17(2)21-13-22-19(18-9-6-5-7-10-18)11-8-12-20(22)23(21)27(3,4)26-15-24-14-25-16-26;;;;/h8,11-12,17-18,20-23H,5-7,9-10,13-16H2,1-4H3;1H3;2*1H;/q-2;-1;;;+6/p-2. The molecule has 1 aliphatic heterocycles. The van der Waals surface area contributed by atoms with Crippen molar-refractivity contribution in [1.29, 1.82) is 0 Å². The van der Waals surface area contributed by atoms with E-state index in [-0.39, 0.29) is 7.43 Å². The Bertz CT molecular complexity index is 602. The van der Waals surface area contributed by atoms with E-state index in [9.17, 15) is 0 Å². The Kier molecular flexibility index (Phi) is 11.9. The monoisotopic (exact) mass is 518 g/mol. The van der Waals surface area contributed by atoms with E-state index in [2.05, 4.69) is 60.4 Å². The van der Waals surface area contributed by atoms with Crippen LogP contribution in [0, 0.1) is 37.0 Å². The van der Waals surface area contributed by atoms with E-state index >= 15 is 0 Å². The van der Waals surface area contributed by atoms with Crippen molar-refractivity contribution in [2.75, 3.05) is 20.0 Å². The molecular weight excluding hydrogens is 477 g/mol. The molecule has 174 valence electrons. The number of hydrogen-bond acceptors (Lipinski definition) is 1. The zero-order valence-electron chi connectivity index (χ0n) is 20.2. The van der Waals surface area contributed by atoms with E-state index in [0.29, 0.717) is 6.67 Å². The van der Waals surface area contributed by atoms with Crippen molar-refractivity contribution >= 4 is 26.8 Å². The number of fused-ring (bicyclic) bond motifs is 1. The molecule has 2 saturated carbocycles. The van der Waals surface area contributed by atoms with Crippen molar-refractivity contribution < 1.29 is 17.0 Å². The van der Waals surface area contributed by atoms with Crippen LogP contribution in [0.4, 0.5) is 0 Å². The Morgan fingerprint density at radius 2 is 1.71 bits per heavy atom. The average molecular weight is 519 g/mol. The van der Waals surface area contributed by atoms with Crippen LogP contribution in [0.25, 0.3) is 10.6 Å². The Hall–Kier alpha value is 0.871. The van der Waals surface area contributed by atoms with Crippen molar-refractivity contribution in [3.8, 4) is 0 Å². The molecule has 4 aliphatic rings. The molecular formula is C24H42Cl2N3SiTi+. The SMILES string of the molecule is CC(C)C1CC2C(C3CCCCC3)=CC=CC2C1[Si](C)(C)N1C[N-]C[N-]C1.[CH3-].[Cl][Ti+4][Cl]. The van der Waals surface area contributed by atoms with Gasteiger partial charge in [-0.2, -0.15) is 0 Å². The molecule has 0 N–H and O–H groups in total. The molecule has 4 atom stereocenters. The van der Waals surface area contributed by atoms with Crippen LogP contribution in [0.5, 0.6) is 0 Å². The van der Waals surface area contributed by atoms with Gasteiger partial charge >= 0.3 is 35.6 Å². The summed E-state index contributed by atoms with van der Waals surface area (Å²) in [5.74, 6) is 4.04. The van der Waals surface area contributed by atoms with Crippen molar-refractivity contribution in [2.24, 2.45) is 29.6 Å². The predicted octanol–water partition coefficient (Wildman–Crippen LogP) is 8.31. The third-order valence-corrected chi connectivity index (χ3v) is 12.6. The van der Waals surface area contributed by atoms with Crippen LogP contribution in [0.3, 0.4) is 0 Å². The number of allylic oxidation sites excluding steroid dienone is 4. The molecule has 1 heterocycles. The third kappa shape index (κ3) is 6.51. The molecule has 7 heteroatoms. The van der Waals surface area contributed by atoms with Crippen molar-refractivity contribution in [3.63, 3.8) is 0 Å². The van der Waals surface area contributed by atoms with Crippen LogP contribution in [-0.2, 0) is 17.0 Å². The normalized spacial score (nSPS) is 32.2. The van der Waals surface area contributed by atoms with Gasteiger partial charge in [0.1, 0.15) is 8.24 Å². The molecule has 0 aromatic carbocycles. The number of rotatable bonds is 4. The zero-order valence-corrected chi connectivity index (χ0v) is 24.2. The first-order valence-corrected chi connectivity index (χ1v) is 19.1. The second-order valence-corrected chi connectivity index (χ2v) is 17.6. The Morgan fingerprint density at radius 1 is 1.10 bits per heavy atom. The summed E-state index contributed by atoms with van der Waals surface area (Å²) < 4.78 is 2.67. The van der Waals surface area contributed by atoms with Gasteiger partial charge in [-0.15, -0.1) is 13.3 Å². The maximum absolute atomic E-state index is 4.89. The molecule has 0 amide bonds. The van der Waals surface area contributed by atoms with Crippen LogP contribution < -0.4 is 0 Å². The van der Waals surface area contributed by atoms with E-state index < -0.39 is 25.3 Å². The third-order valence-electron chi connectivity index (χ3n) is 8.22. The minimum absolute atomic E-state index is 0. The fourth-order valence-corrected chi connectivity index (χ4v) is 10.9. The quantitative estimate of drug-likeness (QED) is 0.272. The van der Waals surface area contributed by atoms with Crippen molar-refractivity contribution in [1.82, 2.24) is 4.57 Å². The van der Waals surface area contributed by atoms with Gasteiger partial charge in [-0.25, -0.2) is 0 Å². The summed E-state index contributed by atoms with van der Waals surface area (Å²) in [5, 5.41) is 9.25. The first kappa shape index (κ1) is 28.1. The Labute approximate surface area is 209 Å². The van der Waals surface area contributed by atoms with Crippen LogP contribution in [0.1, 0.15) is 52.4 Å². The molecule has 1 saturated heterocycles. The summed E-state index contributed by atoms with van der Waals surface area (Å²) in [7, 11) is 8.16. The Balaban J connectivity index is 0.000000808. The minimum atomic E-state index is -1.62. The first-order valence-electron chi connectivity index (χ1n) is 11.8. The summed E-state index contributed by atoms with van der Waals surface area (Å²) in [6.45, 7) is 12.7. The van der Waals surface area contributed by atoms with Gasteiger partial charge in [0.25, 0.3) is 0 Å². The van der Waals surface area contributed by atoms with Gasteiger partial charge in [-0.05, 0) is 54.4 Å². The number of halogens is 2. The molecule has 0 bridgehead atoms. The first-order chi connectivity index (χ1) is 14.4. The molecule has 0 spiro atoms. The topological polar surface area (TPSA) is 31.4 Å². The van der Waals surface area contributed by atoms with Crippen LogP contribution in [0.2, 0.25) is 18.6 Å². The van der Waals surface area contributed by atoms with Crippen LogP contribution >= 0.6 is 18.6 Å². The van der Waals surface area contributed by atoms with E-state index in [1.165, 1.54) is 38.5 Å². The predicted molar refractivity (Wildman–Crippen MR) is 136 cm³/mol. The summed E-state index contributed by atoms with van der Waals surface area (Å²) in [4.78, 5) is 0. The summed E-state index contributed by atoms with van der Waals surface area (Å²) in [5.41, 5.74) is 2.66. The molecule has 31 heavy (non-hydrogen) atoms. The fourth-order valence-electron chi connectivity index (χ4n) is 6.74. The van der Waals surface area contributed by atoms with Gasteiger partial charge in [-0.3, -0.25) is 6.67 Å². The average Bonchev–Trinajstić information content (AvgIpc) is 3.16. The second-order valence-electron chi connectivity index (χ2n) is 10.4. The van der Waals surface area contributed by atoms with Gasteiger partial charge < -0.3 is 22.6 Å². The van der Waals surface area contributed by atoms with Gasteiger partial charge in [0, 0.05) is 0 Å². The molecule has 3 nitrogen and oxygen atoms in total. The van der Waals surface area contributed by atoms with Gasteiger partial charge in [0.2, 0.25) is 0 Å². The van der Waals surface area contributed by atoms with E-state index in [1.807, 2.05) is 5.57 Å². The molecule has 4 unspecified atom stereocenters. The second kappa shape index (κ2) is 13.1. The summed E-state index contributed by atoms with van der Waals surface area (Å²) in [6, 6.07) is 0. The van der Waals surface area contributed by atoms with E-state index in [1.54, 1.807) is 0 Å². The molecule has 0 aromatic rings. The summed E-state index contributed by atoms with van der Waals surface area (Å²) >= 11 is -0.556. The van der Waals surface area contributed by atoms with Crippen molar-refractivity contribution in [2.45, 2.75) is 71.0 Å². The Morgan fingerprint density at radius 3 is 2.29 bits per heavy atom. The van der Waals surface area contributed by atoms with E-state index in [0.717, 1.165) is 48.5 Å². The van der Waals surface area contributed by atoms with E-state index in [4.69, 9.17) is 18.6 Å². The molecule has 4 rings (SSSR count). The molecule has 0 radical (unpaired) electrons. The number of nitrogens with zero attached hydrogens (tertiary/aromatic N) is 3. The maximum atomic E-state index is 4.89. The van der Waals surface area contributed by atoms with Gasteiger partial charge in [0.05, 0.1) is 0 Å². The van der Waals surface area contributed by atoms with Crippen molar-refractivity contribution in [3.05, 3.63) is 41.9 Å². The molecule has 3 aliphatic carbocycles. The molecule has 3 fully saturated rings. The van der Waals surface area contributed by atoms with Gasteiger partial charge in [-0.1, -0.05) is 70.0 Å². The van der Waals surface area contributed by atoms with Crippen LogP contribution in [-0.4, -0.2) is 32.8 Å². The van der Waals surface area contributed by atoms with Crippen LogP contribution in [0.15, 0.2) is 23.8 Å². The molecule has 0 aromatic heterocycles. The summed E-state index contributed by atoms with van der Waals surface area (Å²) in [6.07, 6.45) is 16.2. The number of hydrogen-bond donors (Lipinski definition) is 0.